The van der Waals surface area contributed by atoms with Gasteiger partial charge in [-0.25, -0.2) is 4.79 Å². The predicted octanol–water partition coefficient (Wildman–Crippen LogP) is 10.4. The summed E-state index contributed by atoms with van der Waals surface area (Å²) >= 11 is 0. The van der Waals surface area contributed by atoms with Crippen LogP contribution in [-0.2, 0) is 28.0 Å². The third-order valence-corrected chi connectivity index (χ3v) is 20.3. The molecular formula is C41H64O6Si2. The summed E-state index contributed by atoms with van der Waals surface area (Å²) in [5, 5.41) is -0.158. The van der Waals surface area contributed by atoms with Crippen LogP contribution in [-0.4, -0.2) is 52.5 Å². The Bertz CT molecular complexity index is 1370. The number of ether oxygens (including phenoxy) is 1. The van der Waals surface area contributed by atoms with Gasteiger partial charge < -0.3 is 13.6 Å². The van der Waals surface area contributed by atoms with Gasteiger partial charge in [-0.05, 0) is 94.0 Å². The lowest BCUT2D eigenvalue weighted by molar-refractivity contribution is -0.156. The van der Waals surface area contributed by atoms with E-state index in [1.165, 1.54) is 0 Å². The number of ketones is 2. The maximum absolute atomic E-state index is 14.4. The molecule has 0 amide bonds. The van der Waals surface area contributed by atoms with Crippen LogP contribution in [0.1, 0.15) is 107 Å². The van der Waals surface area contributed by atoms with E-state index in [0.29, 0.717) is 17.6 Å². The van der Waals surface area contributed by atoms with Crippen LogP contribution in [0.4, 0.5) is 0 Å². The molecule has 0 heterocycles. The monoisotopic (exact) mass is 708 g/mol. The topological polar surface area (TPSA) is 78.9 Å². The van der Waals surface area contributed by atoms with Gasteiger partial charge in [-0.2, -0.15) is 0 Å². The smallest absolute Gasteiger partial charge is 0.335 e. The molecule has 0 fully saturated rings. The molecule has 272 valence electrons. The van der Waals surface area contributed by atoms with Crippen molar-refractivity contribution in [3.63, 3.8) is 0 Å². The molecule has 2 aromatic rings. The van der Waals surface area contributed by atoms with Crippen molar-refractivity contribution in [1.82, 2.24) is 0 Å². The molecule has 0 aliphatic carbocycles. The first kappa shape index (κ1) is 42.5. The maximum atomic E-state index is 14.4. The normalized spacial score (nSPS) is 15.3. The molecule has 8 heteroatoms. The van der Waals surface area contributed by atoms with E-state index in [2.05, 4.69) is 54.6 Å². The highest BCUT2D eigenvalue weighted by atomic mass is 28.4. The predicted molar refractivity (Wildman–Crippen MR) is 207 cm³/mol. The van der Waals surface area contributed by atoms with E-state index in [4.69, 9.17) is 13.6 Å². The van der Waals surface area contributed by atoms with Gasteiger partial charge in [0.25, 0.3) is 0 Å². The van der Waals surface area contributed by atoms with Crippen LogP contribution < -0.4 is 0 Å². The van der Waals surface area contributed by atoms with Gasteiger partial charge in [0, 0.05) is 11.5 Å². The third-order valence-electron chi connectivity index (χ3n) is 11.2. The van der Waals surface area contributed by atoms with E-state index >= 15 is 0 Å². The number of hydrogen-bond donors (Lipinski definition) is 0. The average molecular weight is 709 g/mol. The van der Waals surface area contributed by atoms with Crippen LogP contribution >= 0.6 is 0 Å². The second-order valence-electron chi connectivity index (χ2n) is 15.6. The molecule has 0 bridgehead atoms. The van der Waals surface area contributed by atoms with E-state index in [-0.39, 0.29) is 11.1 Å². The molecule has 0 spiro atoms. The Morgan fingerprint density at radius 2 is 1.18 bits per heavy atom. The molecule has 0 radical (unpaired) electrons. The summed E-state index contributed by atoms with van der Waals surface area (Å²) in [5.74, 6) is -1.96. The highest BCUT2D eigenvalue weighted by molar-refractivity contribution is 6.74. The Balaban J connectivity index is 2.49. The minimum atomic E-state index is -2.47. The lowest BCUT2D eigenvalue weighted by Crippen LogP contribution is -2.49. The summed E-state index contributed by atoms with van der Waals surface area (Å²) < 4.78 is 19.9. The zero-order valence-electron chi connectivity index (χ0n) is 32.9. The van der Waals surface area contributed by atoms with Crippen molar-refractivity contribution < 1.29 is 28.0 Å². The second-order valence-corrected chi connectivity index (χ2v) is 25.1. The number of esters is 1. The summed E-state index contributed by atoms with van der Waals surface area (Å²) in [5.41, 5.74) is 1.72. The largest absolute Gasteiger partial charge is 0.456 e. The average Bonchev–Trinajstić information content (AvgIpc) is 3.07. The van der Waals surface area contributed by atoms with E-state index in [0.717, 1.165) is 29.3 Å². The van der Waals surface area contributed by atoms with Crippen LogP contribution in [0, 0.1) is 5.41 Å². The lowest BCUT2D eigenvalue weighted by atomic mass is 9.77. The van der Waals surface area contributed by atoms with Gasteiger partial charge in [-0.15, -0.1) is 0 Å². The SMILES string of the molecule is CCC(O[Si](CC)(CC)CC)C(C)(C)C(=O)C(=O)/C(C)=C(\C)C(C)OC(=O)[C@H](O[Si](C)(C)C(C)(C)C)C(c1ccccc1)c1ccccc1. The van der Waals surface area contributed by atoms with E-state index in [1.807, 2.05) is 81.4 Å². The number of Topliss-reactive ketones (excluding diaryl/α,β-unsaturated/α-hetero) is 2. The molecular weight excluding hydrogens is 645 g/mol. The number of carbonyl (C=O) groups is 3. The Labute approximate surface area is 299 Å². The van der Waals surface area contributed by atoms with Crippen LogP contribution in [0.3, 0.4) is 0 Å². The molecule has 0 saturated heterocycles. The van der Waals surface area contributed by atoms with Crippen molar-refractivity contribution in [2.24, 2.45) is 5.41 Å². The van der Waals surface area contributed by atoms with Gasteiger partial charge in [-0.3, -0.25) is 9.59 Å². The van der Waals surface area contributed by atoms with Crippen LogP contribution in [0.15, 0.2) is 71.8 Å². The Morgan fingerprint density at radius 3 is 1.57 bits per heavy atom. The molecule has 0 aromatic heterocycles. The molecule has 3 atom stereocenters. The zero-order valence-corrected chi connectivity index (χ0v) is 34.9. The summed E-state index contributed by atoms with van der Waals surface area (Å²) in [6.45, 7) is 28.0. The Hall–Kier alpha value is -2.66. The van der Waals surface area contributed by atoms with Crippen LogP contribution in [0.2, 0.25) is 36.3 Å². The number of benzene rings is 2. The van der Waals surface area contributed by atoms with Crippen LogP contribution in [0.5, 0.6) is 0 Å². The quantitative estimate of drug-likeness (QED) is 0.0664. The molecule has 6 nitrogen and oxygen atoms in total. The van der Waals surface area contributed by atoms with E-state index < -0.39 is 57.7 Å². The number of allylic oxidation sites excluding steroid dienone is 1. The Morgan fingerprint density at radius 1 is 0.735 bits per heavy atom. The standard InChI is InChI=1S/C41H64O6Si2/c1-15-34(46-49(16-2,17-3)18-4)41(11,12)38(43)36(42)30(6)29(5)31(7)45-39(44)37(47-48(13,14)40(8,9)10)35(32-25-21-19-22-26-32)33-27-23-20-24-28-33/h19-28,31,34-35,37H,15-18H2,1-14H3/b30-29+/t31?,34?,37-/m1/s1. The molecule has 0 N–H and O–H groups in total. The first-order chi connectivity index (χ1) is 22.7. The van der Waals surface area contributed by atoms with Crippen molar-refractivity contribution in [1.29, 1.82) is 0 Å². The first-order valence-corrected chi connectivity index (χ1v) is 23.6. The van der Waals surface area contributed by atoms with Crippen molar-refractivity contribution in [3.8, 4) is 0 Å². The number of hydrogen-bond acceptors (Lipinski definition) is 6. The van der Waals surface area contributed by atoms with Gasteiger partial charge in [-0.1, -0.05) is 109 Å². The van der Waals surface area contributed by atoms with Crippen molar-refractivity contribution in [2.45, 2.75) is 150 Å². The third kappa shape index (κ3) is 10.2. The summed E-state index contributed by atoms with van der Waals surface area (Å²) in [7, 11) is -4.49. The molecule has 0 aliphatic rings. The first-order valence-electron chi connectivity index (χ1n) is 18.2. The molecule has 2 aromatic carbocycles. The minimum Gasteiger partial charge on any atom is -0.456 e. The summed E-state index contributed by atoms with van der Waals surface area (Å²) in [6, 6.07) is 22.7. The lowest BCUT2D eigenvalue weighted by Gasteiger charge is -2.41. The number of rotatable bonds is 18. The number of carbonyl (C=O) groups excluding carboxylic acids is 3. The van der Waals surface area contributed by atoms with E-state index in [1.54, 1.807) is 20.8 Å². The Kier molecular flexibility index (Phi) is 15.2. The molecule has 2 unspecified atom stereocenters. The molecule has 0 aliphatic heterocycles. The van der Waals surface area contributed by atoms with Crippen molar-refractivity contribution in [3.05, 3.63) is 82.9 Å². The van der Waals surface area contributed by atoms with Gasteiger partial charge in [0.05, 0.1) is 11.5 Å². The van der Waals surface area contributed by atoms with Crippen LogP contribution in [0.25, 0.3) is 0 Å². The summed E-state index contributed by atoms with van der Waals surface area (Å²) in [6.07, 6.45) is -1.42. The fourth-order valence-electron chi connectivity index (χ4n) is 6.07. The van der Waals surface area contributed by atoms with Gasteiger partial charge >= 0.3 is 5.97 Å². The molecule has 0 saturated carbocycles. The molecule has 49 heavy (non-hydrogen) atoms. The van der Waals surface area contributed by atoms with Gasteiger partial charge in [0.2, 0.25) is 11.6 Å². The highest BCUT2D eigenvalue weighted by Crippen LogP contribution is 2.41. The highest BCUT2D eigenvalue weighted by Gasteiger charge is 2.46. The second kappa shape index (κ2) is 17.5. The van der Waals surface area contributed by atoms with Gasteiger partial charge in [0.1, 0.15) is 6.10 Å². The fraction of sp³-hybridized carbons (Fsp3) is 0.585. The minimum absolute atomic E-state index is 0.158. The van der Waals surface area contributed by atoms with Crippen molar-refractivity contribution in [2.75, 3.05) is 0 Å². The van der Waals surface area contributed by atoms with E-state index in [9.17, 15) is 14.4 Å². The van der Waals surface area contributed by atoms with Gasteiger partial charge in [0.15, 0.2) is 22.7 Å². The summed E-state index contributed by atoms with van der Waals surface area (Å²) in [4.78, 5) is 42.1. The van der Waals surface area contributed by atoms with Crippen molar-refractivity contribution >= 4 is 34.2 Å². The maximum Gasteiger partial charge on any atom is 0.335 e. The molecule has 2 rings (SSSR count). The fourth-order valence-corrected chi connectivity index (χ4v) is 10.4. The zero-order chi connectivity index (χ0) is 37.4.